The largest absolute Gasteiger partial charge is 0.507 e. The fourth-order valence-corrected chi connectivity index (χ4v) is 9.90. The summed E-state index contributed by atoms with van der Waals surface area (Å²) in [6.45, 7) is 8.96. The molecule has 6 N–H and O–H groups in total. The van der Waals surface area contributed by atoms with Crippen LogP contribution < -0.4 is 16.4 Å². The molecule has 3 amide bonds. The summed E-state index contributed by atoms with van der Waals surface area (Å²) in [7, 11) is 0. The second kappa shape index (κ2) is 24.2. The summed E-state index contributed by atoms with van der Waals surface area (Å²) in [6, 6.07) is 16.8. The number of nitrogen functional groups attached to an aromatic ring is 1. The molecule has 1 fully saturated rings. The Morgan fingerprint density at radius 2 is 1.61 bits per heavy atom. The number of rotatable bonds is 24. The van der Waals surface area contributed by atoms with Gasteiger partial charge in [0, 0.05) is 55.0 Å². The van der Waals surface area contributed by atoms with Crippen molar-refractivity contribution in [1.29, 1.82) is 0 Å². The lowest BCUT2D eigenvalue weighted by Crippen LogP contribution is -2.49. The van der Waals surface area contributed by atoms with Crippen molar-refractivity contribution in [2.45, 2.75) is 135 Å². The molecule has 1 aliphatic rings. The summed E-state index contributed by atoms with van der Waals surface area (Å²) in [5, 5.41) is 44.0. The number of carbonyl (C=O) groups excluding carboxylic acids is 3. The summed E-state index contributed by atoms with van der Waals surface area (Å²) in [4.78, 5) is 48.5. The number of nitrogens with zero attached hydrogens (tertiary/aromatic N) is 7. The fraction of sp³-hybridized carbons (Fsp3) is 0.462. The van der Waals surface area contributed by atoms with Gasteiger partial charge in [-0.2, -0.15) is 5.10 Å². The number of aromatic hydroxyl groups is 1. The highest BCUT2D eigenvalue weighted by Gasteiger charge is 2.43. The van der Waals surface area contributed by atoms with Crippen molar-refractivity contribution in [1.82, 2.24) is 45.7 Å². The van der Waals surface area contributed by atoms with Crippen molar-refractivity contribution < 1.29 is 29.1 Å². The highest BCUT2D eigenvalue weighted by Crippen LogP contribution is 2.34. The topological polar surface area (TPSA) is 228 Å². The molecule has 4 unspecified atom stereocenters. The standard InChI is InChI=1S/C52H66N10O6S/c1-33(2)48(46-25-34(3)60-68-46)52(67)62-31-39(63)26-44(62)51(66)57-42(36-19-21-37(22-20-36)49-35(4)55-32-69-49)28-47(65)54-23-15-11-9-7-5-6-8-10-12-16-24-61-30-38(29-56-61)41-27-43(58-59-50(41)53)40-17-13-14-18-45(40)64/h13-14,17-22,25,27,29-30,32-33,39,42,44,48,63-64H,5-12,15-16,23-24,26,28,31H2,1-4H3,(H2,53,59)(H,54,65)(H,57,66). The van der Waals surface area contributed by atoms with E-state index >= 15 is 0 Å². The van der Waals surface area contributed by atoms with Gasteiger partial charge in [-0.25, -0.2) is 4.98 Å². The van der Waals surface area contributed by atoms with Crippen LogP contribution in [0.15, 0.2) is 83.1 Å². The van der Waals surface area contributed by atoms with Gasteiger partial charge in [-0.3, -0.25) is 19.1 Å². The maximum Gasteiger partial charge on any atom is 0.243 e. The third-order valence-electron chi connectivity index (χ3n) is 12.9. The van der Waals surface area contributed by atoms with Crippen LogP contribution in [0.2, 0.25) is 0 Å². The minimum atomic E-state index is -0.920. The molecule has 6 aromatic rings. The van der Waals surface area contributed by atoms with E-state index in [0.717, 1.165) is 77.9 Å². The first-order chi connectivity index (χ1) is 33.4. The van der Waals surface area contributed by atoms with Gasteiger partial charge in [-0.15, -0.1) is 21.5 Å². The number of hydrogen-bond acceptors (Lipinski definition) is 13. The number of aliphatic hydroxyl groups excluding tert-OH is 1. The van der Waals surface area contributed by atoms with E-state index in [-0.39, 0.29) is 42.9 Å². The summed E-state index contributed by atoms with van der Waals surface area (Å²) in [5.41, 5.74) is 14.1. The molecule has 1 aliphatic heterocycles. The van der Waals surface area contributed by atoms with E-state index in [1.165, 1.54) is 30.6 Å². The van der Waals surface area contributed by atoms with Gasteiger partial charge < -0.3 is 36.0 Å². The number of phenols is 1. The minimum Gasteiger partial charge on any atom is -0.507 e. The zero-order chi connectivity index (χ0) is 48.9. The number of hydrogen-bond donors (Lipinski definition) is 5. The third kappa shape index (κ3) is 13.4. The average molecular weight is 959 g/mol. The number of β-amino-alcohol motifs (C(OH)–C–C–N with tert-alkyl or cyclic N) is 1. The molecule has 17 heteroatoms. The average Bonchev–Trinajstić information content (AvgIpc) is 4.16. The first-order valence-electron chi connectivity index (χ1n) is 24.3. The van der Waals surface area contributed by atoms with E-state index in [1.54, 1.807) is 48.7 Å². The molecule has 4 aromatic heterocycles. The number of anilines is 1. The molecular formula is C52H66N10O6S. The van der Waals surface area contributed by atoms with Gasteiger partial charge >= 0.3 is 0 Å². The first-order valence-corrected chi connectivity index (χ1v) is 25.2. The Bertz CT molecular complexity index is 2630. The second-order valence-electron chi connectivity index (χ2n) is 18.6. The molecule has 0 aliphatic carbocycles. The van der Waals surface area contributed by atoms with Gasteiger partial charge in [0.15, 0.2) is 5.82 Å². The number of para-hydroxylation sites is 1. The van der Waals surface area contributed by atoms with Gasteiger partial charge in [-0.1, -0.05) is 107 Å². The molecule has 5 heterocycles. The SMILES string of the molecule is Cc1cc(C(C(=O)N2CC(O)CC2C(=O)NC(CC(=O)NCCCCCCCCCCCCn2cc(-c3cc(-c4ccccc4O)nnc3N)cn2)c2ccc(-c3scnc3C)cc2)C(C)C)on1. The lowest BCUT2D eigenvalue weighted by Gasteiger charge is -2.30. The number of carbonyl (C=O) groups is 3. The molecule has 69 heavy (non-hydrogen) atoms. The number of aromatic nitrogens is 6. The van der Waals surface area contributed by atoms with Gasteiger partial charge in [0.25, 0.3) is 0 Å². The van der Waals surface area contributed by atoms with Crippen LogP contribution in [-0.2, 0) is 20.9 Å². The maximum absolute atomic E-state index is 14.1. The Labute approximate surface area is 408 Å². The van der Waals surface area contributed by atoms with Crippen molar-refractivity contribution >= 4 is 34.9 Å². The van der Waals surface area contributed by atoms with Crippen LogP contribution in [-0.4, -0.2) is 88.2 Å². The summed E-state index contributed by atoms with van der Waals surface area (Å²) < 4.78 is 7.44. The van der Waals surface area contributed by atoms with Crippen molar-refractivity contribution in [3.63, 3.8) is 0 Å². The Morgan fingerprint density at radius 1 is 0.899 bits per heavy atom. The Balaban J connectivity index is 0.818. The molecule has 0 spiro atoms. The number of unbranched alkanes of at least 4 members (excludes halogenated alkanes) is 9. The predicted molar refractivity (Wildman–Crippen MR) is 267 cm³/mol. The first kappa shape index (κ1) is 50.4. The third-order valence-corrected chi connectivity index (χ3v) is 13.8. The molecule has 7 rings (SSSR count). The number of aliphatic hydroxyl groups is 1. The van der Waals surface area contributed by atoms with Crippen LogP contribution in [0.3, 0.4) is 0 Å². The monoisotopic (exact) mass is 958 g/mol. The van der Waals surface area contributed by atoms with Gasteiger partial charge in [0.1, 0.15) is 23.5 Å². The zero-order valence-corrected chi connectivity index (χ0v) is 41.0. The lowest BCUT2D eigenvalue weighted by atomic mass is 9.91. The molecule has 0 saturated carbocycles. The van der Waals surface area contributed by atoms with E-state index in [1.807, 2.05) is 73.6 Å². The van der Waals surface area contributed by atoms with Crippen LogP contribution >= 0.6 is 11.3 Å². The number of likely N-dealkylation sites (tertiary alicyclic amines) is 1. The van der Waals surface area contributed by atoms with Crippen LogP contribution in [0.25, 0.3) is 32.8 Å². The highest BCUT2D eigenvalue weighted by atomic mass is 32.1. The van der Waals surface area contributed by atoms with Gasteiger partial charge in [0.05, 0.1) is 52.2 Å². The van der Waals surface area contributed by atoms with Gasteiger partial charge in [0.2, 0.25) is 17.7 Å². The molecule has 366 valence electrons. The van der Waals surface area contributed by atoms with E-state index in [0.29, 0.717) is 35.1 Å². The van der Waals surface area contributed by atoms with E-state index in [4.69, 9.17) is 10.3 Å². The zero-order valence-electron chi connectivity index (χ0n) is 40.1. The predicted octanol–water partition coefficient (Wildman–Crippen LogP) is 8.69. The Hall–Kier alpha value is -6.46. The van der Waals surface area contributed by atoms with Crippen LogP contribution in [0, 0.1) is 19.8 Å². The number of phenolic OH excluding ortho intramolecular Hbond substituents is 1. The molecule has 4 atom stereocenters. The van der Waals surface area contributed by atoms with Crippen molar-refractivity contribution in [2.24, 2.45) is 5.92 Å². The van der Waals surface area contributed by atoms with Gasteiger partial charge in [-0.05, 0) is 61.9 Å². The Kier molecular flexibility index (Phi) is 17.7. The normalized spacial score (nSPS) is 15.7. The van der Waals surface area contributed by atoms with E-state index in [9.17, 15) is 24.6 Å². The fourth-order valence-electron chi connectivity index (χ4n) is 9.09. The van der Waals surface area contributed by atoms with Crippen LogP contribution in [0.4, 0.5) is 5.82 Å². The number of amides is 3. The minimum absolute atomic E-state index is 0.0178. The molecule has 0 radical (unpaired) electrons. The highest BCUT2D eigenvalue weighted by molar-refractivity contribution is 7.13. The molecule has 2 aromatic carbocycles. The molecule has 0 bridgehead atoms. The van der Waals surface area contributed by atoms with Crippen LogP contribution in [0.5, 0.6) is 5.75 Å². The van der Waals surface area contributed by atoms with E-state index in [2.05, 4.69) is 36.1 Å². The number of aryl methyl sites for hydroxylation is 3. The summed E-state index contributed by atoms with van der Waals surface area (Å²) in [5.74, 6) is -0.844. The number of nitrogens with one attached hydrogen (secondary N) is 2. The molecule has 1 saturated heterocycles. The number of benzene rings is 2. The Morgan fingerprint density at radius 3 is 2.28 bits per heavy atom. The van der Waals surface area contributed by atoms with Crippen molar-refractivity contribution in [2.75, 3.05) is 18.8 Å². The quantitative estimate of drug-likeness (QED) is 0.0359. The molecular weight excluding hydrogens is 893 g/mol. The molecule has 16 nitrogen and oxygen atoms in total. The van der Waals surface area contributed by atoms with Crippen LogP contribution in [0.1, 0.15) is 126 Å². The number of thiazole rings is 1. The second-order valence-corrected chi connectivity index (χ2v) is 19.4. The van der Waals surface area contributed by atoms with Crippen molar-refractivity contribution in [3.05, 3.63) is 101 Å². The van der Waals surface area contributed by atoms with E-state index < -0.39 is 30.0 Å². The summed E-state index contributed by atoms with van der Waals surface area (Å²) in [6.07, 6.45) is 14.0. The summed E-state index contributed by atoms with van der Waals surface area (Å²) >= 11 is 1.55. The maximum atomic E-state index is 14.1. The van der Waals surface area contributed by atoms with Crippen molar-refractivity contribution in [3.8, 4) is 38.6 Å². The lowest BCUT2D eigenvalue weighted by molar-refractivity contribution is -0.141. The number of nitrogens with two attached hydrogens (primary N) is 1. The smallest absolute Gasteiger partial charge is 0.243 e.